The van der Waals surface area contributed by atoms with Gasteiger partial charge in [0, 0.05) is 24.5 Å². The molecule has 0 aliphatic rings. The number of thiazole rings is 1. The number of anilines is 1. The number of hydrogen-bond acceptors (Lipinski definition) is 5. The smallest absolute Gasteiger partial charge is 0.250 e. The second-order valence-electron chi connectivity index (χ2n) is 5.27. The first-order valence-corrected chi connectivity index (χ1v) is 10.2. The molecule has 0 saturated carbocycles. The van der Waals surface area contributed by atoms with Crippen molar-refractivity contribution in [2.24, 2.45) is 0 Å². The zero-order valence-corrected chi connectivity index (χ0v) is 16.0. The number of carbonyl (C=O) groups is 1. The fourth-order valence-electron chi connectivity index (χ4n) is 2.19. The fourth-order valence-corrected chi connectivity index (χ4v) is 4.34. The number of nitrogens with zero attached hydrogens (tertiary/aromatic N) is 2. The quantitative estimate of drug-likeness (QED) is 0.750. The lowest BCUT2D eigenvalue weighted by molar-refractivity contribution is -0.111. The van der Waals surface area contributed by atoms with Crippen LogP contribution in [0.1, 0.15) is 25.1 Å². The van der Waals surface area contributed by atoms with Gasteiger partial charge >= 0.3 is 0 Å². The van der Waals surface area contributed by atoms with Gasteiger partial charge in [-0.05, 0) is 30.7 Å². The molecule has 0 bridgehead atoms. The Morgan fingerprint density at radius 3 is 2.40 bits per heavy atom. The SMILES string of the molecule is CCN(CC)S(=O)(=O)c1ccc(/C=C/C(=O)Nc2nc(C)cs2)cc1. The number of carbonyl (C=O) groups excluding carboxylic acids is 1. The van der Waals surface area contributed by atoms with Crippen molar-refractivity contribution in [3.05, 3.63) is 47.0 Å². The molecule has 0 radical (unpaired) electrons. The summed E-state index contributed by atoms with van der Waals surface area (Å²) in [6.45, 7) is 6.32. The van der Waals surface area contributed by atoms with Gasteiger partial charge in [-0.3, -0.25) is 10.1 Å². The molecule has 0 aliphatic carbocycles. The number of benzene rings is 1. The van der Waals surface area contributed by atoms with Crippen molar-refractivity contribution >= 4 is 38.5 Å². The molecule has 0 aliphatic heterocycles. The van der Waals surface area contributed by atoms with Crippen molar-refractivity contribution < 1.29 is 13.2 Å². The third kappa shape index (κ3) is 4.97. The Morgan fingerprint density at radius 2 is 1.88 bits per heavy atom. The molecule has 25 heavy (non-hydrogen) atoms. The van der Waals surface area contributed by atoms with E-state index in [-0.39, 0.29) is 10.8 Å². The van der Waals surface area contributed by atoms with E-state index in [4.69, 9.17) is 0 Å². The van der Waals surface area contributed by atoms with Gasteiger partial charge < -0.3 is 0 Å². The van der Waals surface area contributed by atoms with Crippen LogP contribution in [0.5, 0.6) is 0 Å². The van der Waals surface area contributed by atoms with E-state index in [0.29, 0.717) is 18.2 Å². The minimum Gasteiger partial charge on any atom is -0.298 e. The first-order chi connectivity index (χ1) is 11.9. The van der Waals surface area contributed by atoms with Crippen molar-refractivity contribution in [1.82, 2.24) is 9.29 Å². The summed E-state index contributed by atoms with van der Waals surface area (Å²) in [5.41, 5.74) is 1.60. The predicted molar refractivity (Wildman–Crippen MR) is 101 cm³/mol. The van der Waals surface area contributed by atoms with Gasteiger partial charge in [0.15, 0.2) is 5.13 Å². The lowest BCUT2D eigenvalue weighted by atomic mass is 10.2. The number of rotatable bonds is 7. The van der Waals surface area contributed by atoms with Crippen LogP contribution in [0, 0.1) is 6.92 Å². The topological polar surface area (TPSA) is 79.4 Å². The van der Waals surface area contributed by atoms with Gasteiger partial charge in [-0.25, -0.2) is 13.4 Å². The molecular weight excluding hydrogens is 358 g/mol. The number of nitrogens with one attached hydrogen (secondary N) is 1. The Balaban J connectivity index is 2.06. The summed E-state index contributed by atoms with van der Waals surface area (Å²) >= 11 is 1.36. The maximum Gasteiger partial charge on any atom is 0.250 e. The molecule has 0 saturated heterocycles. The number of amides is 1. The third-order valence-electron chi connectivity index (χ3n) is 3.50. The minimum atomic E-state index is -3.46. The third-order valence-corrected chi connectivity index (χ3v) is 6.44. The molecule has 1 aromatic heterocycles. The Labute approximate surface area is 152 Å². The number of aromatic nitrogens is 1. The number of aryl methyl sites for hydroxylation is 1. The highest BCUT2D eigenvalue weighted by Crippen LogP contribution is 2.17. The molecular formula is C17H21N3O3S2. The summed E-state index contributed by atoms with van der Waals surface area (Å²) in [4.78, 5) is 16.3. The molecule has 0 spiro atoms. The van der Waals surface area contributed by atoms with Crippen LogP contribution in [-0.4, -0.2) is 36.7 Å². The molecule has 1 aromatic carbocycles. The zero-order valence-electron chi connectivity index (χ0n) is 14.4. The van der Waals surface area contributed by atoms with Crippen molar-refractivity contribution in [3.8, 4) is 0 Å². The van der Waals surface area contributed by atoms with Crippen LogP contribution in [0.25, 0.3) is 6.08 Å². The van der Waals surface area contributed by atoms with Crippen LogP contribution in [0.4, 0.5) is 5.13 Å². The summed E-state index contributed by atoms with van der Waals surface area (Å²) < 4.78 is 26.2. The van der Waals surface area contributed by atoms with E-state index >= 15 is 0 Å². The number of sulfonamides is 1. The second kappa shape index (κ2) is 8.37. The highest BCUT2D eigenvalue weighted by atomic mass is 32.2. The average Bonchev–Trinajstić information content (AvgIpc) is 2.99. The highest BCUT2D eigenvalue weighted by Gasteiger charge is 2.20. The van der Waals surface area contributed by atoms with Gasteiger partial charge in [0.05, 0.1) is 10.6 Å². The average molecular weight is 380 g/mol. The van der Waals surface area contributed by atoms with Crippen molar-refractivity contribution in [2.75, 3.05) is 18.4 Å². The Morgan fingerprint density at radius 1 is 1.24 bits per heavy atom. The monoisotopic (exact) mass is 379 g/mol. The summed E-state index contributed by atoms with van der Waals surface area (Å²) in [5.74, 6) is -0.283. The van der Waals surface area contributed by atoms with E-state index in [9.17, 15) is 13.2 Å². The van der Waals surface area contributed by atoms with E-state index in [1.807, 2.05) is 12.3 Å². The van der Waals surface area contributed by atoms with Crippen LogP contribution in [-0.2, 0) is 14.8 Å². The Hall–Kier alpha value is -2.03. The number of hydrogen-bond donors (Lipinski definition) is 1. The standard InChI is InChI=1S/C17H21N3O3S2/c1-4-20(5-2)25(22,23)15-9-6-14(7-10-15)8-11-16(21)19-17-18-13(3)12-24-17/h6-12H,4-5H2,1-3H3,(H,18,19,21)/b11-8+. The molecule has 134 valence electrons. The molecule has 1 N–H and O–H groups in total. The Kier molecular flexibility index (Phi) is 6.46. The van der Waals surface area contributed by atoms with Crippen LogP contribution in [0.15, 0.2) is 40.6 Å². The lowest BCUT2D eigenvalue weighted by Gasteiger charge is -2.18. The minimum absolute atomic E-state index is 0.246. The molecule has 0 unspecified atom stereocenters. The van der Waals surface area contributed by atoms with Crippen LogP contribution in [0.2, 0.25) is 0 Å². The van der Waals surface area contributed by atoms with Crippen molar-refractivity contribution in [2.45, 2.75) is 25.7 Å². The van der Waals surface area contributed by atoms with E-state index < -0.39 is 10.0 Å². The lowest BCUT2D eigenvalue weighted by Crippen LogP contribution is -2.30. The maximum absolute atomic E-state index is 12.4. The van der Waals surface area contributed by atoms with Crippen molar-refractivity contribution in [3.63, 3.8) is 0 Å². The van der Waals surface area contributed by atoms with Crippen LogP contribution >= 0.6 is 11.3 Å². The molecule has 0 fully saturated rings. The largest absolute Gasteiger partial charge is 0.298 e. The summed E-state index contributed by atoms with van der Waals surface area (Å²) in [5, 5.41) is 5.08. The molecule has 6 nitrogen and oxygen atoms in total. The molecule has 2 rings (SSSR count). The van der Waals surface area contributed by atoms with Gasteiger partial charge in [-0.1, -0.05) is 26.0 Å². The normalized spacial score (nSPS) is 12.0. The van der Waals surface area contributed by atoms with Crippen molar-refractivity contribution in [1.29, 1.82) is 0 Å². The first kappa shape index (κ1) is 19.3. The fraction of sp³-hybridized carbons (Fsp3) is 0.294. The second-order valence-corrected chi connectivity index (χ2v) is 8.07. The molecule has 1 amide bonds. The van der Waals surface area contributed by atoms with Crippen LogP contribution in [0.3, 0.4) is 0 Å². The predicted octanol–water partition coefficient (Wildman–Crippen LogP) is 3.13. The highest BCUT2D eigenvalue weighted by molar-refractivity contribution is 7.89. The zero-order chi connectivity index (χ0) is 18.4. The van der Waals surface area contributed by atoms with Crippen LogP contribution < -0.4 is 5.32 Å². The summed E-state index contributed by atoms with van der Waals surface area (Å²) in [7, 11) is -3.46. The molecule has 8 heteroatoms. The van der Waals surface area contributed by atoms with E-state index in [2.05, 4.69) is 10.3 Å². The van der Waals surface area contributed by atoms with E-state index in [0.717, 1.165) is 11.3 Å². The van der Waals surface area contributed by atoms with E-state index in [1.165, 1.54) is 21.7 Å². The van der Waals surface area contributed by atoms with Gasteiger partial charge in [-0.2, -0.15) is 4.31 Å². The molecule has 1 heterocycles. The summed E-state index contributed by atoms with van der Waals surface area (Å²) in [6, 6.07) is 6.45. The molecule has 0 atom stereocenters. The van der Waals surface area contributed by atoms with Gasteiger partial charge in [0.1, 0.15) is 0 Å². The van der Waals surface area contributed by atoms with E-state index in [1.54, 1.807) is 44.2 Å². The summed E-state index contributed by atoms with van der Waals surface area (Å²) in [6.07, 6.45) is 3.02. The van der Waals surface area contributed by atoms with Gasteiger partial charge in [0.2, 0.25) is 15.9 Å². The molecule has 2 aromatic rings. The first-order valence-electron chi connectivity index (χ1n) is 7.88. The maximum atomic E-state index is 12.4. The van der Waals surface area contributed by atoms with Gasteiger partial charge in [-0.15, -0.1) is 11.3 Å². The van der Waals surface area contributed by atoms with Gasteiger partial charge in [0.25, 0.3) is 0 Å². The Bertz CT molecular complexity index is 852.